The summed E-state index contributed by atoms with van der Waals surface area (Å²) in [6, 6.07) is 4.74. The summed E-state index contributed by atoms with van der Waals surface area (Å²) >= 11 is 0. The highest BCUT2D eigenvalue weighted by Crippen LogP contribution is 2.20. The van der Waals surface area contributed by atoms with Crippen LogP contribution in [0.15, 0.2) is 24.5 Å². The van der Waals surface area contributed by atoms with Gasteiger partial charge in [0.15, 0.2) is 0 Å². The van der Waals surface area contributed by atoms with Crippen molar-refractivity contribution < 1.29 is 0 Å². The van der Waals surface area contributed by atoms with Crippen LogP contribution in [0.3, 0.4) is 0 Å². The average Bonchev–Trinajstić information content (AvgIpc) is 2.29. The van der Waals surface area contributed by atoms with Crippen LogP contribution in [0.5, 0.6) is 0 Å². The Bertz CT molecular complexity index is 307. The fourth-order valence-corrected chi connectivity index (χ4v) is 1.76. The van der Waals surface area contributed by atoms with Crippen LogP contribution in [0.4, 0.5) is 0 Å². The molecule has 0 aliphatic rings. The highest BCUT2D eigenvalue weighted by atomic mass is 15.0. The molecule has 0 unspecified atom stereocenters. The van der Waals surface area contributed by atoms with E-state index in [1.165, 1.54) is 5.56 Å². The Hall–Kier alpha value is -0.930. The molecule has 17 heavy (non-hydrogen) atoms. The standard InChI is InChI=1S/C14H25N3/c1-12(2)17-10-9-16-11-14(3,4)13-5-7-15-8-6-13/h5-8,12,16-17H,9-11H2,1-4H3. The van der Waals surface area contributed by atoms with Crippen LogP contribution in [0, 0.1) is 0 Å². The molecule has 1 heterocycles. The minimum absolute atomic E-state index is 0.154. The smallest absolute Gasteiger partial charge is 0.0270 e. The van der Waals surface area contributed by atoms with Crippen LogP contribution < -0.4 is 10.6 Å². The third-order valence-corrected chi connectivity index (χ3v) is 2.88. The number of hydrogen-bond donors (Lipinski definition) is 2. The summed E-state index contributed by atoms with van der Waals surface area (Å²) in [5.41, 5.74) is 1.48. The van der Waals surface area contributed by atoms with Crippen molar-refractivity contribution in [1.82, 2.24) is 15.6 Å². The first-order valence-corrected chi connectivity index (χ1v) is 6.37. The second-order valence-corrected chi connectivity index (χ2v) is 5.41. The van der Waals surface area contributed by atoms with Gasteiger partial charge in [0.2, 0.25) is 0 Å². The van der Waals surface area contributed by atoms with Crippen LogP contribution in [-0.4, -0.2) is 30.7 Å². The quantitative estimate of drug-likeness (QED) is 0.709. The van der Waals surface area contributed by atoms with Crippen molar-refractivity contribution in [2.75, 3.05) is 19.6 Å². The summed E-state index contributed by atoms with van der Waals surface area (Å²) in [6.45, 7) is 11.9. The van der Waals surface area contributed by atoms with E-state index in [0.29, 0.717) is 6.04 Å². The van der Waals surface area contributed by atoms with Crippen molar-refractivity contribution in [2.45, 2.75) is 39.2 Å². The fourth-order valence-electron chi connectivity index (χ4n) is 1.76. The first-order valence-electron chi connectivity index (χ1n) is 6.37. The van der Waals surface area contributed by atoms with Crippen LogP contribution in [0.2, 0.25) is 0 Å². The van der Waals surface area contributed by atoms with E-state index in [4.69, 9.17) is 0 Å². The van der Waals surface area contributed by atoms with Gasteiger partial charge >= 0.3 is 0 Å². The molecule has 2 N–H and O–H groups in total. The fraction of sp³-hybridized carbons (Fsp3) is 0.643. The SMILES string of the molecule is CC(C)NCCNCC(C)(C)c1ccncc1. The summed E-state index contributed by atoms with van der Waals surface area (Å²) in [5, 5.41) is 6.90. The maximum atomic E-state index is 4.06. The molecule has 0 aliphatic heterocycles. The molecule has 3 heteroatoms. The molecule has 0 radical (unpaired) electrons. The van der Waals surface area contributed by atoms with Crippen LogP contribution in [0.25, 0.3) is 0 Å². The molecular weight excluding hydrogens is 210 g/mol. The van der Waals surface area contributed by atoms with E-state index in [0.717, 1.165) is 19.6 Å². The van der Waals surface area contributed by atoms with E-state index >= 15 is 0 Å². The zero-order chi connectivity index (χ0) is 12.7. The molecule has 1 aromatic rings. The van der Waals surface area contributed by atoms with Gasteiger partial charge < -0.3 is 10.6 Å². The van der Waals surface area contributed by atoms with Gasteiger partial charge in [-0.1, -0.05) is 27.7 Å². The van der Waals surface area contributed by atoms with Gasteiger partial charge in [-0.2, -0.15) is 0 Å². The molecular formula is C14H25N3. The van der Waals surface area contributed by atoms with Crippen molar-refractivity contribution >= 4 is 0 Å². The summed E-state index contributed by atoms with van der Waals surface area (Å²) < 4.78 is 0. The minimum atomic E-state index is 0.154. The molecule has 0 fully saturated rings. The van der Waals surface area contributed by atoms with Gasteiger partial charge in [0.25, 0.3) is 0 Å². The van der Waals surface area contributed by atoms with E-state index in [2.05, 4.69) is 55.4 Å². The van der Waals surface area contributed by atoms with E-state index in [1.807, 2.05) is 12.4 Å². The second-order valence-electron chi connectivity index (χ2n) is 5.41. The van der Waals surface area contributed by atoms with Gasteiger partial charge in [-0.15, -0.1) is 0 Å². The second kappa shape index (κ2) is 6.72. The monoisotopic (exact) mass is 235 g/mol. The van der Waals surface area contributed by atoms with Gasteiger partial charge in [-0.25, -0.2) is 0 Å². The third kappa shape index (κ3) is 5.29. The number of rotatable bonds is 7. The molecule has 0 amide bonds. The molecule has 3 nitrogen and oxygen atoms in total. The Labute approximate surface area is 105 Å². The average molecular weight is 235 g/mol. The van der Waals surface area contributed by atoms with E-state index in [9.17, 15) is 0 Å². The van der Waals surface area contributed by atoms with E-state index < -0.39 is 0 Å². The van der Waals surface area contributed by atoms with Crippen molar-refractivity contribution in [1.29, 1.82) is 0 Å². The number of nitrogens with zero attached hydrogens (tertiary/aromatic N) is 1. The Morgan fingerprint density at radius 2 is 1.82 bits per heavy atom. The van der Waals surface area contributed by atoms with Crippen molar-refractivity contribution in [2.24, 2.45) is 0 Å². The number of nitrogens with one attached hydrogen (secondary N) is 2. The molecule has 0 aliphatic carbocycles. The predicted octanol–water partition coefficient (Wildman–Crippen LogP) is 1.95. The van der Waals surface area contributed by atoms with Crippen LogP contribution in [0.1, 0.15) is 33.3 Å². The molecule has 0 bridgehead atoms. The topological polar surface area (TPSA) is 37.0 Å². The summed E-state index contributed by atoms with van der Waals surface area (Å²) in [6.07, 6.45) is 3.72. The van der Waals surface area contributed by atoms with Crippen LogP contribution >= 0.6 is 0 Å². The van der Waals surface area contributed by atoms with Gasteiger partial charge in [-0.05, 0) is 17.7 Å². The Balaban J connectivity index is 2.30. The van der Waals surface area contributed by atoms with Gasteiger partial charge in [0.1, 0.15) is 0 Å². The van der Waals surface area contributed by atoms with Crippen molar-refractivity contribution in [3.63, 3.8) is 0 Å². The molecule has 0 spiro atoms. The normalized spacial score (nSPS) is 12.1. The number of hydrogen-bond acceptors (Lipinski definition) is 3. The lowest BCUT2D eigenvalue weighted by molar-refractivity contribution is 0.458. The lowest BCUT2D eigenvalue weighted by atomic mass is 9.85. The maximum absolute atomic E-state index is 4.06. The predicted molar refractivity (Wildman–Crippen MR) is 73.3 cm³/mol. The summed E-state index contributed by atoms with van der Waals surface area (Å²) in [5.74, 6) is 0. The first-order chi connectivity index (χ1) is 8.02. The molecule has 0 aromatic carbocycles. The van der Waals surface area contributed by atoms with Gasteiger partial charge in [0, 0.05) is 43.5 Å². The number of aromatic nitrogens is 1. The molecule has 0 saturated carbocycles. The Morgan fingerprint density at radius 3 is 2.41 bits per heavy atom. The van der Waals surface area contributed by atoms with E-state index in [-0.39, 0.29) is 5.41 Å². The van der Waals surface area contributed by atoms with Gasteiger partial charge in [-0.3, -0.25) is 4.98 Å². The molecule has 0 saturated heterocycles. The molecule has 1 aromatic heterocycles. The van der Waals surface area contributed by atoms with Gasteiger partial charge in [0.05, 0.1) is 0 Å². The molecule has 96 valence electrons. The lowest BCUT2D eigenvalue weighted by Gasteiger charge is -2.25. The summed E-state index contributed by atoms with van der Waals surface area (Å²) in [4.78, 5) is 4.06. The largest absolute Gasteiger partial charge is 0.315 e. The Morgan fingerprint density at radius 1 is 1.18 bits per heavy atom. The molecule has 0 atom stereocenters. The first kappa shape index (κ1) is 14.1. The van der Waals surface area contributed by atoms with Crippen molar-refractivity contribution in [3.8, 4) is 0 Å². The highest BCUT2D eigenvalue weighted by Gasteiger charge is 2.19. The number of pyridine rings is 1. The van der Waals surface area contributed by atoms with E-state index in [1.54, 1.807) is 0 Å². The third-order valence-electron chi connectivity index (χ3n) is 2.88. The zero-order valence-electron chi connectivity index (χ0n) is 11.5. The summed E-state index contributed by atoms with van der Waals surface area (Å²) in [7, 11) is 0. The molecule has 1 rings (SSSR count). The highest BCUT2D eigenvalue weighted by molar-refractivity contribution is 5.20. The Kier molecular flexibility index (Phi) is 5.59. The lowest BCUT2D eigenvalue weighted by Crippen LogP contribution is -2.38. The van der Waals surface area contributed by atoms with Crippen LogP contribution in [-0.2, 0) is 5.41 Å². The zero-order valence-corrected chi connectivity index (χ0v) is 11.5. The minimum Gasteiger partial charge on any atom is -0.315 e. The maximum Gasteiger partial charge on any atom is 0.0270 e. The van der Waals surface area contributed by atoms with Crippen molar-refractivity contribution in [3.05, 3.63) is 30.1 Å².